The zero-order valence-electron chi connectivity index (χ0n) is 20.2. The molecule has 2 aromatic carbocycles. The van der Waals surface area contributed by atoms with Crippen LogP contribution in [0.5, 0.6) is 0 Å². The zero-order chi connectivity index (χ0) is 24.6. The number of H-pyrrole nitrogens is 2. The molecule has 2 atom stereocenters. The first-order chi connectivity index (χ1) is 17.6. The van der Waals surface area contributed by atoms with Gasteiger partial charge in [0, 0.05) is 36.6 Å². The average Bonchev–Trinajstić information content (AvgIpc) is 3.32. The summed E-state index contributed by atoms with van der Waals surface area (Å²) in [6.45, 7) is 6.45. The molecule has 1 fully saturated rings. The highest BCUT2D eigenvalue weighted by molar-refractivity contribution is 5.99. The second kappa shape index (κ2) is 9.09. The van der Waals surface area contributed by atoms with Gasteiger partial charge in [0.05, 0.1) is 41.0 Å². The van der Waals surface area contributed by atoms with Crippen LogP contribution < -0.4 is 15.8 Å². The zero-order valence-corrected chi connectivity index (χ0v) is 20.2. The molecule has 1 aliphatic heterocycles. The molecular formula is C27H27N7O2. The topological polar surface area (TPSA) is 112 Å². The van der Waals surface area contributed by atoms with Gasteiger partial charge in [-0.15, -0.1) is 0 Å². The van der Waals surface area contributed by atoms with Crippen molar-refractivity contribution in [3.8, 4) is 11.4 Å². The molecule has 3 N–H and O–H groups in total. The van der Waals surface area contributed by atoms with E-state index in [1.807, 2.05) is 37.3 Å². The van der Waals surface area contributed by atoms with Crippen LogP contribution in [0.1, 0.15) is 25.7 Å². The van der Waals surface area contributed by atoms with E-state index in [0.29, 0.717) is 29.5 Å². The van der Waals surface area contributed by atoms with Gasteiger partial charge in [0.15, 0.2) is 0 Å². The second-order valence-electron chi connectivity index (χ2n) is 9.14. The number of imidazole rings is 1. The van der Waals surface area contributed by atoms with E-state index in [4.69, 9.17) is 9.72 Å². The summed E-state index contributed by atoms with van der Waals surface area (Å²) in [5, 5.41) is 4.38. The van der Waals surface area contributed by atoms with Gasteiger partial charge in [-0.05, 0) is 44.2 Å². The number of rotatable bonds is 5. The lowest BCUT2D eigenvalue weighted by Gasteiger charge is -2.32. The van der Waals surface area contributed by atoms with Crippen LogP contribution in [0.15, 0.2) is 65.7 Å². The van der Waals surface area contributed by atoms with Crippen LogP contribution in [0.3, 0.4) is 0 Å². The van der Waals surface area contributed by atoms with Gasteiger partial charge < -0.3 is 24.9 Å². The fraction of sp³-hybridized carbons (Fsp3) is 0.259. The van der Waals surface area contributed by atoms with Crippen molar-refractivity contribution in [1.29, 1.82) is 0 Å². The predicted molar refractivity (Wildman–Crippen MR) is 141 cm³/mol. The number of para-hydroxylation sites is 1. The standard InChI is InChI=1S/C27H27N7O2/c1-16-15-34(12-13-36-16)18-8-9-21-22(14-18)32-26(31-21)23-24(30-17(2)25-28-10-5-11-29-25)19-6-3-4-7-20(19)33-27(23)35/h3-11,14,16-17H,12-13,15H2,1-2H3,(H,31,32)(H2,30,33,35)/t16-,17+/m1/s1. The van der Waals surface area contributed by atoms with Crippen molar-refractivity contribution >= 4 is 33.3 Å². The van der Waals surface area contributed by atoms with Gasteiger partial charge in [-0.25, -0.2) is 15.0 Å². The number of hydrogen-bond acceptors (Lipinski definition) is 7. The number of nitrogens with zero attached hydrogens (tertiary/aromatic N) is 4. The molecule has 9 heteroatoms. The highest BCUT2D eigenvalue weighted by atomic mass is 16.5. The van der Waals surface area contributed by atoms with Gasteiger partial charge in [-0.3, -0.25) is 4.79 Å². The number of ether oxygens (including phenoxy) is 1. The number of nitrogens with one attached hydrogen (secondary N) is 3. The Bertz CT molecular complexity index is 1590. The third kappa shape index (κ3) is 4.07. The summed E-state index contributed by atoms with van der Waals surface area (Å²) < 4.78 is 5.69. The second-order valence-corrected chi connectivity index (χ2v) is 9.14. The molecule has 0 aliphatic carbocycles. The van der Waals surface area contributed by atoms with E-state index < -0.39 is 0 Å². The number of fused-ring (bicyclic) bond motifs is 2. The van der Waals surface area contributed by atoms with Crippen LogP contribution in [0.4, 0.5) is 11.4 Å². The van der Waals surface area contributed by atoms with Crippen molar-refractivity contribution in [2.24, 2.45) is 0 Å². The molecule has 6 rings (SSSR count). The maximum atomic E-state index is 13.4. The van der Waals surface area contributed by atoms with Gasteiger partial charge in [0.2, 0.25) is 0 Å². The monoisotopic (exact) mass is 481 g/mol. The summed E-state index contributed by atoms with van der Waals surface area (Å²) in [6, 6.07) is 15.4. The van der Waals surface area contributed by atoms with Crippen LogP contribution in [0, 0.1) is 0 Å². The van der Waals surface area contributed by atoms with E-state index in [-0.39, 0.29) is 17.7 Å². The van der Waals surface area contributed by atoms with Crippen molar-refractivity contribution < 1.29 is 4.74 Å². The Kier molecular flexibility index (Phi) is 5.61. The Hall–Kier alpha value is -4.24. The molecule has 5 aromatic rings. The molecular weight excluding hydrogens is 454 g/mol. The number of pyridine rings is 1. The Morgan fingerprint density at radius 2 is 1.92 bits per heavy atom. The van der Waals surface area contributed by atoms with Crippen molar-refractivity contribution in [2.75, 3.05) is 29.9 Å². The Labute approximate surface area is 207 Å². The Morgan fingerprint density at radius 3 is 2.75 bits per heavy atom. The first kappa shape index (κ1) is 22.2. The maximum Gasteiger partial charge on any atom is 0.261 e. The summed E-state index contributed by atoms with van der Waals surface area (Å²) in [7, 11) is 0. The van der Waals surface area contributed by atoms with Crippen molar-refractivity contribution in [1.82, 2.24) is 24.9 Å². The minimum absolute atomic E-state index is 0.187. The quantitative estimate of drug-likeness (QED) is 0.344. The van der Waals surface area contributed by atoms with E-state index >= 15 is 0 Å². The smallest absolute Gasteiger partial charge is 0.261 e. The van der Waals surface area contributed by atoms with E-state index in [1.165, 1.54) is 0 Å². The van der Waals surface area contributed by atoms with Crippen LogP contribution in [-0.4, -0.2) is 50.7 Å². The van der Waals surface area contributed by atoms with E-state index in [9.17, 15) is 4.79 Å². The summed E-state index contributed by atoms with van der Waals surface area (Å²) in [5.74, 6) is 1.15. The summed E-state index contributed by atoms with van der Waals surface area (Å²) in [5.41, 5.74) is 4.44. The maximum absolute atomic E-state index is 13.4. The number of benzene rings is 2. The Balaban J connectivity index is 1.46. The van der Waals surface area contributed by atoms with Crippen molar-refractivity contribution in [3.05, 3.63) is 77.1 Å². The Morgan fingerprint density at radius 1 is 1.08 bits per heavy atom. The number of hydrogen-bond donors (Lipinski definition) is 3. The normalized spacial score (nSPS) is 16.9. The molecule has 1 saturated heterocycles. The number of anilines is 2. The van der Waals surface area contributed by atoms with Crippen LogP contribution >= 0.6 is 0 Å². The van der Waals surface area contributed by atoms with Crippen LogP contribution in [0.25, 0.3) is 33.3 Å². The number of aromatic nitrogens is 5. The third-order valence-corrected chi connectivity index (χ3v) is 6.56. The minimum atomic E-state index is -0.227. The molecule has 36 heavy (non-hydrogen) atoms. The van der Waals surface area contributed by atoms with Gasteiger partial charge in [-0.2, -0.15) is 0 Å². The van der Waals surface area contributed by atoms with Crippen molar-refractivity contribution in [2.45, 2.75) is 26.0 Å². The molecule has 1 aliphatic rings. The minimum Gasteiger partial charge on any atom is -0.375 e. The predicted octanol–water partition coefficient (Wildman–Crippen LogP) is 4.26. The fourth-order valence-electron chi connectivity index (χ4n) is 4.80. The van der Waals surface area contributed by atoms with Crippen LogP contribution in [-0.2, 0) is 4.74 Å². The lowest BCUT2D eigenvalue weighted by Crippen LogP contribution is -2.41. The van der Waals surface area contributed by atoms with E-state index in [0.717, 1.165) is 40.7 Å². The third-order valence-electron chi connectivity index (χ3n) is 6.56. The van der Waals surface area contributed by atoms with E-state index in [2.05, 4.69) is 49.2 Å². The molecule has 4 heterocycles. The largest absolute Gasteiger partial charge is 0.375 e. The molecule has 0 spiro atoms. The number of aromatic amines is 2. The summed E-state index contributed by atoms with van der Waals surface area (Å²) in [6.07, 6.45) is 3.61. The molecule has 0 unspecified atom stereocenters. The highest BCUT2D eigenvalue weighted by Crippen LogP contribution is 2.33. The molecule has 3 aromatic heterocycles. The van der Waals surface area contributed by atoms with Crippen molar-refractivity contribution in [3.63, 3.8) is 0 Å². The van der Waals surface area contributed by atoms with Gasteiger partial charge in [-0.1, -0.05) is 18.2 Å². The molecule has 0 radical (unpaired) electrons. The SMILES string of the molecule is C[C@@H]1CN(c2ccc3nc(-c4c(N[C@@H](C)c5ncccn5)c5ccccc5[nH]c4=O)[nH]c3c2)CCO1. The molecule has 0 bridgehead atoms. The van der Waals surface area contributed by atoms with Crippen LogP contribution in [0.2, 0.25) is 0 Å². The lowest BCUT2D eigenvalue weighted by molar-refractivity contribution is 0.0532. The summed E-state index contributed by atoms with van der Waals surface area (Å²) in [4.78, 5) is 35.7. The molecule has 0 saturated carbocycles. The molecule has 9 nitrogen and oxygen atoms in total. The average molecular weight is 482 g/mol. The summed E-state index contributed by atoms with van der Waals surface area (Å²) >= 11 is 0. The van der Waals surface area contributed by atoms with Gasteiger partial charge >= 0.3 is 0 Å². The van der Waals surface area contributed by atoms with E-state index in [1.54, 1.807) is 18.5 Å². The number of morpholine rings is 1. The fourth-order valence-corrected chi connectivity index (χ4v) is 4.80. The van der Waals surface area contributed by atoms with Gasteiger partial charge in [0.1, 0.15) is 17.2 Å². The van der Waals surface area contributed by atoms with Gasteiger partial charge in [0.25, 0.3) is 5.56 Å². The molecule has 182 valence electrons. The lowest BCUT2D eigenvalue weighted by atomic mass is 10.1. The highest BCUT2D eigenvalue weighted by Gasteiger charge is 2.22. The molecule has 0 amide bonds. The first-order valence-corrected chi connectivity index (χ1v) is 12.1. The first-order valence-electron chi connectivity index (χ1n) is 12.1.